The quantitative estimate of drug-likeness (QED) is 0.837. The van der Waals surface area contributed by atoms with Crippen LogP contribution in [0.2, 0.25) is 0 Å². The maximum atomic E-state index is 12.8. The summed E-state index contributed by atoms with van der Waals surface area (Å²) in [5.41, 5.74) is -1.98. The van der Waals surface area contributed by atoms with Crippen LogP contribution in [0.25, 0.3) is 0 Å². The van der Waals surface area contributed by atoms with Gasteiger partial charge in [-0.05, 0) is 25.3 Å². The molecule has 1 aliphatic carbocycles. The van der Waals surface area contributed by atoms with Crippen LogP contribution in [-0.2, 0) is 23.2 Å². The Morgan fingerprint density at radius 2 is 2.05 bits per heavy atom. The molecular formula is C12H17F3N2O3S. The molecule has 0 aromatic carbocycles. The molecule has 120 valence electrons. The van der Waals surface area contributed by atoms with Gasteiger partial charge in [0, 0.05) is 18.4 Å². The average Bonchev–Trinajstić information content (AvgIpc) is 3.02. The van der Waals surface area contributed by atoms with Crippen molar-refractivity contribution >= 4 is 10.0 Å². The first kappa shape index (κ1) is 16.3. The fraction of sp³-hybridized carbons (Fsp3) is 0.667. The first-order valence-corrected chi connectivity index (χ1v) is 8.04. The van der Waals surface area contributed by atoms with Crippen molar-refractivity contribution in [1.82, 2.24) is 9.29 Å². The van der Waals surface area contributed by atoms with E-state index in [1.165, 1.54) is 16.8 Å². The van der Waals surface area contributed by atoms with Gasteiger partial charge in [-0.15, -0.1) is 0 Å². The van der Waals surface area contributed by atoms with Gasteiger partial charge in [0.1, 0.15) is 5.54 Å². The van der Waals surface area contributed by atoms with Gasteiger partial charge in [-0.25, -0.2) is 8.42 Å². The van der Waals surface area contributed by atoms with Gasteiger partial charge in [-0.3, -0.25) is 0 Å². The third-order valence-corrected chi connectivity index (χ3v) is 5.02. The molecule has 9 heteroatoms. The van der Waals surface area contributed by atoms with E-state index >= 15 is 0 Å². The topological polar surface area (TPSA) is 71.3 Å². The average molecular weight is 326 g/mol. The highest BCUT2D eigenvalue weighted by Gasteiger charge is 2.65. The molecule has 0 radical (unpaired) electrons. The van der Waals surface area contributed by atoms with E-state index in [1.807, 2.05) is 6.92 Å². The van der Waals surface area contributed by atoms with Crippen molar-refractivity contribution in [1.29, 1.82) is 0 Å². The first-order valence-electron chi connectivity index (χ1n) is 6.56. The van der Waals surface area contributed by atoms with Crippen molar-refractivity contribution < 1.29 is 26.7 Å². The number of nitrogens with one attached hydrogen (secondary N) is 1. The number of rotatable bonds is 6. The summed E-state index contributed by atoms with van der Waals surface area (Å²) in [7, 11) is -4.27. The van der Waals surface area contributed by atoms with Crippen LogP contribution in [-0.4, -0.2) is 29.8 Å². The smallest absolute Gasteiger partial charge is 0.390 e. The zero-order valence-corrected chi connectivity index (χ0v) is 12.3. The molecule has 21 heavy (non-hydrogen) atoms. The number of hydrogen-bond acceptors (Lipinski definition) is 3. The Hall–Kier alpha value is -1.06. The standard InChI is InChI=1S/C12H17F3N2O3S/c1-2-5-17-7-10(6-9(17)8-18)21(19,20)16-11(3-4-11)12(13,14)15/h6-7,16,18H,2-5,8H2,1H3. The number of nitrogens with zero attached hydrogens (tertiary/aromatic N) is 1. The Morgan fingerprint density at radius 3 is 2.48 bits per heavy atom. The Kier molecular flexibility index (Phi) is 4.11. The molecule has 1 aromatic heterocycles. The van der Waals surface area contributed by atoms with Gasteiger partial charge in [0.15, 0.2) is 0 Å². The summed E-state index contributed by atoms with van der Waals surface area (Å²) in [6.07, 6.45) is -3.15. The molecule has 1 aliphatic rings. The minimum Gasteiger partial charge on any atom is -0.390 e. The van der Waals surface area contributed by atoms with Crippen molar-refractivity contribution in [3.63, 3.8) is 0 Å². The van der Waals surface area contributed by atoms with Crippen LogP contribution in [0.15, 0.2) is 17.2 Å². The van der Waals surface area contributed by atoms with E-state index in [4.69, 9.17) is 0 Å². The van der Waals surface area contributed by atoms with Crippen LogP contribution in [0.3, 0.4) is 0 Å². The molecule has 0 unspecified atom stereocenters. The van der Waals surface area contributed by atoms with Gasteiger partial charge in [0.25, 0.3) is 0 Å². The maximum absolute atomic E-state index is 12.8. The van der Waals surface area contributed by atoms with E-state index in [0.717, 1.165) is 0 Å². The fourth-order valence-corrected chi connectivity index (χ4v) is 3.65. The summed E-state index contributed by atoms with van der Waals surface area (Å²) in [6.45, 7) is 1.98. The molecule has 1 heterocycles. The lowest BCUT2D eigenvalue weighted by Crippen LogP contribution is -2.47. The summed E-state index contributed by atoms with van der Waals surface area (Å²) in [5, 5.41) is 9.18. The van der Waals surface area contributed by atoms with Gasteiger partial charge >= 0.3 is 6.18 Å². The zero-order valence-electron chi connectivity index (χ0n) is 11.4. The minimum atomic E-state index is -4.61. The highest BCUT2D eigenvalue weighted by atomic mass is 32.2. The number of sulfonamides is 1. The summed E-state index contributed by atoms with van der Waals surface area (Å²) in [5.74, 6) is 0. The zero-order chi connectivity index (χ0) is 15.9. The molecule has 1 fully saturated rings. The maximum Gasteiger partial charge on any atom is 0.407 e. The van der Waals surface area contributed by atoms with E-state index in [2.05, 4.69) is 0 Å². The summed E-state index contributed by atoms with van der Waals surface area (Å²) in [6, 6.07) is 1.20. The number of aryl methyl sites for hydroxylation is 1. The van der Waals surface area contributed by atoms with Crippen LogP contribution in [0.1, 0.15) is 31.9 Å². The van der Waals surface area contributed by atoms with E-state index in [-0.39, 0.29) is 24.3 Å². The number of hydrogen-bond donors (Lipinski definition) is 2. The second kappa shape index (κ2) is 5.29. The second-order valence-corrected chi connectivity index (χ2v) is 6.89. The second-order valence-electron chi connectivity index (χ2n) is 5.20. The van der Waals surface area contributed by atoms with Crippen LogP contribution in [0.4, 0.5) is 13.2 Å². The molecule has 0 amide bonds. The molecule has 1 saturated carbocycles. The predicted molar refractivity (Wildman–Crippen MR) is 69.0 cm³/mol. The largest absolute Gasteiger partial charge is 0.407 e. The van der Waals surface area contributed by atoms with Gasteiger partial charge < -0.3 is 9.67 Å². The molecule has 2 rings (SSSR count). The van der Waals surface area contributed by atoms with E-state index < -0.39 is 21.7 Å². The van der Waals surface area contributed by atoms with Crippen LogP contribution in [0, 0.1) is 0 Å². The Balaban J connectivity index is 2.28. The summed E-state index contributed by atoms with van der Waals surface area (Å²) < 4.78 is 66.0. The Bertz CT molecular complexity index is 618. The SMILES string of the molecule is CCCn1cc(S(=O)(=O)NC2(C(F)(F)F)CC2)cc1CO. The fourth-order valence-electron chi connectivity index (χ4n) is 2.14. The van der Waals surface area contributed by atoms with E-state index in [1.54, 1.807) is 4.72 Å². The van der Waals surface area contributed by atoms with Crippen LogP contribution >= 0.6 is 0 Å². The van der Waals surface area contributed by atoms with Crippen molar-refractivity contribution in [2.75, 3.05) is 0 Å². The molecule has 0 saturated heterocycles. The van der Waals surface area contributed by atoms with Gasteiger partial charge in [0.05, 0.1) is 11.5 Å². The van der Waals surface area contributed by atoms with Crippen molar-refractivity contribution in [3.8, 4) is 0 Å². The predicted octanol–water partition coefficient (Wildman–Crippen LogP) is 1.76. The Labute approximate surface area is 120 Å². The number of aliphatic hydroxyl groups is 1. The van der Waals surface area contributed by atoms with E-state index in [9.17, 15) is 26.7 Å². The molecule has 0 atom stereocenters. The molecule has 0 spiro atoms. The monoisotopic (exact) mass is 326 g/mol. The lowest BCUT2D eigenvalue weighted by Gasteiger charge is -2.20. The molecule has 2 N–H and O–H groups in total. The highest BCUT2D eigenvalue weighted by molar-refractivity contribution is 7.89. The number of aliphatic hydroxyl groups excluding tert-OH is 1. The van der Waals surface area contributed by atoms with Crippen LogP contribution in [0.5, 0.6) is 0 Å². The third kappa shape index (κ3) is 3.09. The van der Waals surface area contributed by atoms with Crippen LogP contribution < -0.4 is 4.72 Å². The van der Waals surface area contributed by atoms with Crippen molar-refractivity contribution in [2.45, 2.75) is 55.9 Å². The molecule has 0 bridgehead atoms. The highest BCUT2D eigenvalue weighted by Crippen LogP contribution is 2.49. The summed E-state index contributed by atoms with van der Waals surface area (Å²) in [4.78, 5) is -0.254. The molecule has 0 aliphatic heterocycles. The molecule has 1 aromatic rings. The first-order chi connectivity index (χ1) is 9.65. The van der Waals surface area contributed by atoms with Gasteiger partial charge in [-0.1, -0.05) is 6.92 Å². The minimum absolute atomic E-state index is 0.252. The lowest BCUT2D eigenvalue weighted by molar-refractivity contribution is -0.160. The van der Waals surface area contributed by atoms with Gasteiger partial charge in [0.2, 0.25) is 10.0 Å². The van der Waals surface area contributed by atoms with Crippen molar-refractivity contribution in [3.05, 3.63) is 18.0 Å². The third-order valence-electron chi connectivity index (χ3n) is 3.52. The van der Waals surface area contributed by atoms with Crippen molar-refractivity contribution in [2.24, 2.45) is 0 Å². The number of aromatic nitrogens is 1. The summed E-state index contributed by atoms with van der Waals surface area (Å²) >= 11 is 0. The number of halogens is 3. The lowest BCUT2D eigenvalue weighted by atomic mass is 10.3. The van der Waals surface area contributed by atoms with Gasteiger partial charge in [-0.2, -0.15) is 17.9 Å². The molecule has 5 nitrogen and oxygen atoms in total. The number of alkyl halides is 3. The molecular weight excluding hydrogens is 309 g/mol. The van der Waals surface area contributed by atoms with E-state index in [0.29, 0.717) is 18.7 Å². The Morgan fingerprint density at radius 1 is 1.43 bits per heavy atom. The normalized spacial score (nSPS) is 18.0.